The molecule has 0 aliphatic carbocycles. The van der Waals surface area contributed by atoms with Crippen LogP contribution >= 0.6 is 0 Å². The van der Waals surface area contributed by atoms with E-state index in [2.05, 4.69) is 10.4 Å². The first kappa shape index (κ1) is 11.7. The summed E-state index contributed by atoms with van der Waals surface area (Å²) >= 11 is 0. The Morgan fingerprint density at radius 2 is 2.29 bits per heavy atom. The molecule has 2 heterocycles. The van der Waals surface area contributed by atoms with Crippen LogP contribution < -0.4 is 5.32 Å². The molecule has 1 aliphatic rings. The third-order valence-corrected chi connectivity index (χ3v) is 2.66. The van der Waals surface area contributed by atoms with Crippen LogP contribution in [0.2, 0.25) is 0 Å². The van der Waals surface area contributed by atoms with E-state index in [1.54, 1.807) is 6.92 Å². The summed E-state index contributed by atoms with van der Waals surface area (Å²) in [6.07, 6.45) is -3.68. The Morgan fingerprint density at radius 1 is 1.65 bits per heavy atom. The van der Waals surface area contributed by atoms with Gasteiger partial charge in [-0.15, -0.1) is 0 Å². The van der Waals surface area contributed by atoms with Crippen molar-refractivity contribution in [3.05, 3.63) is 11.8 Å². The Balaban J connectivity index is 2.49. The van der Waals surface area contributed by atoms with E-state index in [-0.39, 0.29) is 17.8 Å². The van der Waals surface area contributed by atoms with Crippen LogP contribution in [0.5, 0.6) is 0 Å². The van der Waals surface area contributed by atoms with Crippen molar-refractivity contribution in [1.82, 2.24) is 9.78 Å². The van der Waals surface area contributed by atoms with Gasteiger partial charge >= 0.3 is 12.1 Å². The van der Waals surface area contributed by atoms with E-state index in [0.29, 0.717) is 4.68 Å². The quantitative estimate of drug-likeness (QED) is 0.797. The highest BCUT2D eigenvalue weighted by Crippen LogP contribution is 2.39. The number of aromatic nitrogens is 2. The lowest BCUT2D eigenvalue weighted by atomic mass is 10.1. The number of nitrogens with one attached hydrogen (secondary N) is 1. The number of carboxylic acid groups (broad SMARTS) is 1. The highest BCUT2D eigenvalue weighted by Gasteiger charge is 2.46. The third kappa shape index (κ3) is 1.94. The van der Waals surface area contributed by atoms with Crippen LogP contribution in [-0.4, -0.2) is 33.1 Å². The maximum Gasteiger partial charge on any atom is 0.410 e. The molecule has 94 valence electrons. The molecule has 0 bridgehead atoms. The lowest BCUT2D eigenvalue weighted by Crippen LogP contribution is -2.38. The minimum Gasteiger partial charge on any atom is -0.477 e. The number of fused-ring (bicyclic) bond motifs is 1. The Morgan fingerprint density at radius 3 is 2.82 bits per heavy atom. The minimum absolute atomic E-state index is 0.0847. The molecule has 0 spiro atoms. The summed E-state index contributed by atoms with van der Waals surface area (Å²) in [5.74, 6) is -1.38. The average molecular weight is 249 g/mol. The van der Waals surface area contributed by atoms with Gasteiger partial charge in [-0.05, 0) is 13.3 Å². The van der Waals surface area contributed by atoms with Gasteiger partial charge in [0.2, 0.25) is 0 Å². The molecular weight excluding hydrogens is 239 g/mol. The molecule has 0 fully saturated rings. The number of rotatable bonds is 1. The Bertz CT molecular complexity index is 455. The Hall–Kier alpha value is -1.73. The van der Waals surface area contributed by atoms with Gasteiger partial charge in [0.1, 0.15) is 11.4 Å². The lowest BCUT2D eigenvalue weighted by molar-refractivity contribution is -0.173. The number of hydrogen-bond donors (Lipinski definition) is 2. The zero-order valence-electron chi connectivity index (χ0n) is 8.82. The van der Waals surface area contributed by atoms with Crippen molar-refractivity contribution >= 4 is 11.8 Å². The average Bonchev–Trinajstić information content (AvgIpc) is 2.57. The number of alkyl halides is 3. The fourth-order valence-corrected chi connectivity index (χ4v) is 1.90. The molecule has 1 aromatic rings. The summed E-state index contributed by atoms with van der Waals surface area (Å²) in [5, 5.41) is 15.1. The number of halogens is 3. The highest BCUT2D eigenvalue weighted by atomic mass is 19.4. The van der Waals surface area contributed by atoms with Gasteiger partial charge in [0.15, 0.2) is 6.04 Å². The SMILES string of the molecule is C[C@@H]1C[C@@H](C(F)(F)F)n2ncc(C(=O)O)c2N1. The maximum absolute atomic E-state index is 12.8. The number of nitrogens with zero attached hydrogens (tertiary/aromatic N) is 2. The van der Waals surface area contributed by atoms with Crippen LogP contribution in [-0.2, 0) is 0 Å². The smallest absolute Gasteiger partial charge is 0.410 e. The Kier molecular flexibility index (Phi) is 2.52. The predicted molar refractivity (Wildman–Crippen MR) is 52.0 cm³/mol. The van der Waals surface area contributed by atoms with Crippen molar-refractivity contribution in [3.63, 3.8) is 0 Å². The highest BCUT2D eigenvalue weighted by molar-refractivity contribution is 5.93. The molecule has 2 rings (SSSR count). The third-order valence-electron chi connectivity index (χ3n) is 2.66. The predicted octanol–water partition coefficient (Wildman–Crippen LogP) is 1.89. The lowest BCUT2D eigenvalue weighted by Gasteiger charge is -2.31. The molecule has 2 atom stereocenters. The van der Waals surface area contributed by atoms with Gasteiger partial charge in [-0.2, -0.15) is 18.3 Å². The zero-order chi connectivity index (χ0) is 12.8. The first-order valence-electron chi connectivity index (χ1n) is 4.94. The summed E-state index contributed by atoms with van der Waals surface area (Å²) in [7, 11) is 0. The number of carboxylic acids is 1. The molecule has 0 amide bonds. The second-order valence-corrected chi connectivity index (χ2v) is 4.00. The summed E-state index contributed by atoms with van der Waals surface area (Å²) < 4.78 is 39.0. The van der Waals surface area contributed by atoms with Crippen molar-refractivity contribution < 1.29 is 23.1 Å². The van der Waals surface area contributed by atoms with Crippen molar-refractivity contribution in [2.45, 2.75) is 31.6 Å². The number of carbonyl (C=O) groups is 1. The van der Waals surface area contributed by atoms with Gasteiger partial charge in [0.05, 0.1) is 6.20 Å². The van der Waals surface area contributed by atoms with Crippen molar-refractivity contribution in [2.24, 2.45) is 0 Å². The standard InChI is InChI=1S/C9H10F3N3O2/c1-4-2-6(9(10,11)12)15-7(14-4)5(3-13-15)8(16)17/h3-4,6,14H,2H2,1H3,(H,16,17)/t4-,6+/m1/s1. The number of aromatic carboxylic acids is 1. The van der Waals surface area contributed by atoms with E-state index in [1.807, 2.05) is 0 Å². The van der Waals surface area contributed by atoms with E-state index in [4.69, 9.17) is 5.11 Å². The Labute approximate surface area is 94.2 Å². The number of hydrogen-bond acceptors (Lipinski definition) is 3. The molecule has 2 N–H and O–H groups in total. The van der Waals surface area contributed by atoms with Crippen molar-refractivity contribution in [2.75, 3.05) is 5.32 Å². The topological polar surface area (TPSA) is 67.2 Å². The second kappa shape index (κ2) is 3.64. The van der Waals surface area contributed by atoms with Crippen LogP contribution in [0.1, 0.15) is 29.7 Å². The molecule has 1 aromatic heterocycles. The molecule has 0 saturated heterocycles. The fraction of sp³-hybridized carbons (Fsp3) is 0.556. The van der Waals surface area contributed by atoms with Crippen LogP contribution in [0.4, 0.5) is 19.0 Å². The summed E-state index contributed by atoms with van der Waals surface area (Å²) in [6.45, 7) is 1.57. The van der Waals surface area contributed by atoms with Crippen molar-refractivity contribution in [3.8, 4) is 0 Å². The molecular formula is C9H10F3N3O2. The van der Waals surface area contributed by atoms with Crippen LogP contribution in [0.25, 0.3) is 0 Å². The first-order valence-corrected chi connectivity index (χ1v) is 4.94. The van der Waals surface area contributed by atoms with E-state index < -0.39 is 24.2 Å². The monoisotopic (exact) mass is 249 g/mol. The van der Waals surface area contributed by atoms with Gasteiger partial charge in [-0.25, -0.2) is 9.48 Å². The van der Waals surface area contributed by atoms with E-state index >= 15 is 0 Å². The normalized spacial score (nSPS) is 24.0. The van der Waals surface area contributed by atoms with Crippen LogP contribution in [0.15, 0.2) is 6.20 Å². The molecule has 0 aromatic carbocycles. The maximum atomic E-state index is 12.8. The molecule has 0 unspecified atom stereocenters. The number of anilines is 1. The minimum atomic E-state index is -4.44. The van der Waals surface area contributed by atoms with Crippen molar-refractivity contribution in [1.29, 1.82) is 0 Å². The molecule has 8 heteroatoms. The fourth-order valence-electron chi connectivity index (χ4n) is 1.90. The van der Waals surface area contributed by atoms with Gasteiger partial charge in [-0.3, -0.25) is 0 Å². The largest absolute Gasteiger partial charge is 0.477 e. The van der Waals surface area contributed by atoms with Crippen LogP contribution in [0.3, 0.4) is 0 Å². The van der Waals surface area contributed by atoms with Gasteiger partial charge in [-0.1, -0.05) is 0 Å². The summed E-state index contributed by atoms with van der Waals surface area (Å²) in [6, 6.07) is -2.23. The van der Waals surface area contributed by atoms with E-state index in [1.165, 1.54) is 0 Å². The first-order chi connectivity index (χ1) is 7.80. The molecule has 0 radical (unpaired) electrons. The van der Waals surface area contributed by atoms with Gasteiger partial charge < -0.3 is 10.4 Å². The molecule has 0 saturated carbocycles. The zero-order valence-corrected chi connectivity index (χ0v) is 8.82. The van der Waals surface area contributed by atoms with E-state index in [9.17, 15) is 18.0 Å². The molecule has 1 aliphatic heterocycles. The van der Waals surface area contributed by atoms with Gasteiger partial charge in [0, 0.05) is 6.04 Å². The van der Waals surface area contributed by atoms with E-state index in [0.717, 1.165) is 6.20 Å². The van der Waals surface area contributed by atoms with Crippen LogP contribution in [0, 0.1) is 0 Å². The van der Waals surface area contributed by atoms with Gasteiger partial charge in [0.25, 0.3) is 0 Å². The summed E-state index contributed by atoms with van der Waals surface area (Å²) in [4.78, 5) is 10.8. The summed E-state index contributed by atoms with van der Waals surface area (Å²) in [5.41, 5.74) is -0.245. The second-order valence-electron chi connectivity index (χ2n) is 4.00. The molecule has 5 nitrogen and oxygen atoms in total. The molecule has 17 heavy (non-hydrogen) atoms.